The van der Waals surface area contributed by atoms with Gasteiger partial charge in [0.05, 0.1) is 0 Å². The van der Waals surface area contributed by atoms with Gasteiger partial charge in [-0.3, -0.25) is 0 Å². The minimum atomic E-state index is 0.951. The van der Waals surface area contributed by atoms with E-state index in [9.17, 15) is 0 Å². The number of rotatable bonds is 3. The van der Waals surface area contributed by atoms with Gasteiger partial charge in [0.25, 0.3) is 0 Å². The molecule has 2 aliphatic carbocycles. The van der Waals surface area contributed by atoms with Gasteiger partial charge in [-0.1, -0.05) is 38.3 Å². The molecule has 0 aromatic heterocycles. The molecule has 1 fully saturated rings. The third-order valence-corrected chi connectivity index (χ3v) is 5.17. The average Bonchev–Trinajstić information content (AvgIpc) is 2.28. The molecular formula is C16H28. The minimum absolute atomic E-state index is 0.951. The van der Waals surface area contributed by atoms with Gasteiger partial charge < -0.3 is 0 Å². The predicted molar refractivity (Wildman–Crippen MR) is 71.4 cm³/mol. The van der Waals surface area contributed by atoms with Crippen molar-refractivity contribution < 1.29 is 0 Å². The molecule has 0 heterocycles. The van der Waals surface area contributed by atoms with Gasteiger partial charge in [-0.05, 0) is 62.7 Å². The Balaban J connectivity index is 2.06. The van der Waals surface area contributed by atoms with Crippen LogP contribution < -0.4 is 0 Å². The fraction of sp³-hybridized carbons (Fsp3) is 0.875. The molecule has 2 aliphatic rings. The first-order chi connectivity index (χ1) is 7.74. The van der Waals surface area contributed by atoms with Crippen LogP contribution in [0.5, 0.6) is 0 Å². The van der Waals surface area contributed by atoms with Crippen molar-refractivity contribution in [2.75, 3.05) is 0 Å². The van der Waals surface area contributed by atoms with Crippen LogP contribution in [-0.2, 0) is 0 Å². The Morgan fingerprint density at radius 2 is 2.06 bits per heavy atom. The summed E-state index contributed by atoms with van der Waals surface area (Å²) in [5.74, 6) is 3.99. The second-order valence-electron chi connectivity index (χ2n) is 6.16. The smallest absolute Gasteiger partial charge is 0.0175 e. The van der Waals surface area contributed by atoms with Crippen molar-refractivity contribution in [1.29, 1.82) is 0 Å². The normalized spacial score (nSPS) is 39.1. The molecule has 4 unspecified atom stereocenters. The largest absolute Gasteiger partial charge is 0.0853 e. The average molecular weight is 220 g/mol. The summed E-state index contributed by atoms with van der Waals surface area (Å²) in [6.07, 6.45) is 12.6. The predicted octanol–water partition coefficient (Wildman–Crippen LogP) is 5.20. The van der Waals surface area contributed by atoms with E-state index in [4.69, 9.17) is 0 Å². The Morgan fingerprint density at radius 3 is 2.81 bits per heavy atom. The third kappa shape index (κ3) is 2.36. The molecule has 0 saturated heterocycles. The molecule has 16 heavy (non-hydrogen) atoms. The van der Waals surface area contributed by atoms with Crippen LogP contribution in [0.25, 0.3) is 0 Å². The van der Waals surface area contributed by atoms with E-state index in [-0.39, 0.29) is 0 Å². The summed E-state index contributed by atoms with van der Waals surface area (Å²) >= 11 is 0. The van der Waals surface area contributed by atoms with Crippen LogP contribution in [0.1, 0.15) is 65.7 Å². The lowest BCUT2D eigenvalue weighted by molar-refractivity contribution is 0.0944. The monoisotopic (exact) mass is 220 g/mol. The highest BCUT2D eigenvalue weighted by atomic mass is 14.4. The summed E-state index contributed by atoms with van der Waals surface area (Å²) in [5.41, 5.74) is 1.71. The van der Waals surface area contributed by atoms with Crippen molar-refractivity contribution in [3.63, 3.8) is 0 Å². The quantitative estimate of drug-likeness (QED) is 0.574. The van der Waals surface area contributed by atoms with Gasteiger partial charge in [-0.2, -0.15) is 0 Å². The SMILES string of the molecule is CCCCC1C(C)CCC2C(C)=CCCC21. The van der Waals surface area contributed by atoms with E-state index in [2.05, 4.69) is 26.8 Å². The zero-order valence-corrected chi connectivity index (χ0v) is 11.3. The van der Waals surface area contributed by atoms with E-state index in [1.807, 2.05) is 0 Å². The van der Waals surface area contributed by atoms with Crippen molar-refractivity contribution in [2.24, 2.45) is 23.7 Å². The fourth-order valence-corrected chi connectivity index (χ4v) is 4.16. The molecule has 92 valence electrons. The maximum Gasteiger partial charge on any atom is -0.0175 e. The maximum absolute atomic E-state index is 2.51. The summed E-state index contributed by atoms with van der Waals surface area (Å²) < 4.78 is 0. The van der Waals surface area contributed by atoms with E-state index in [0.717, 1.165) is 23.7 Å². The first-order valence-electron chi connectivity index (χ1n) is 7.40. The fourth-order valence-electron chi connectivity index (χ4n) is 4.16. The lowest BCUT2D eigenvalue weighted by Crippen LogP contribution is -2.35. The summed E-state index contributed by atoms with van der Waals surface area (Å²) in [5, 5.41) is 0. The van der Waals surface area contributed by atoms with Gasteiger partial charge >= 0.3 is 0 Å². The Labute approximate surface area is 102 Å². The summed E-state index contributed by atoms with van der Waals surface area (Å²) in [6.45, 7) is 7.21. The standard InChI is InChI=1S/C16H28/c1-4-5-8-14-13(3)10-11-15-12(2)7-6-9-16(14)15/h7,13-16H,4-6,8-11H2,1-3H3. The molecule has 1 saturated carbocycles. The number of hydrogen-bond acceptors (Lipinski definition) is 0. The first kappa shape index (κ1) is 12.2. The van der Waals surface area contributed by atoms with Crippen LogP contribution in [0.2, 0.25) is 0 Å². The van der Waals surface area contributed by atoms with E-state index >= 15 is 0 Å². The van der Waals surface area contributed by atoms with E-state index < -0.39 is 0 Å². The highest BCUT2D eigenvalue weighted by Gasteiger charge is 2.38. The number of allylic oxidation sites excluding steroid dienone is 2. The van der Waals surface area contributed by atoms with Crippen molar-refractivity contribution in [3.8, 4) is 0 Å². The highest BCUT2D eigenvalue weighted by molar-refractivity contribution is 5.11. The molecule has 0 aromatic carbocycles. The summed E-state index contributed by atoms with van der Waals surface area (Å²) in [4.78, 5) is 0. The zero-order valence-electron chi connectivity index (χ0n) is 11.3. The summed E-state index contributed by atoms with van der Waals surface area (Å²) in [7, 11) is 0. The van der Waals surface area contributed by atoms with Crippen LogP contribution >= 0.6 is 0 Å². The van der Waals surface area contributed by atoms with Gasteiger partial charge in [-0.15, -0.1) is 0 Å². The second-order valence-corrected chi connectivity index (χ2v) is 6.16. The number of fused-ring (bicyclic) bond motifs is 1. The second kappa shape index (κ2) is 5.38. The van der Waals surface area contributed by atoms with Gasteiger partial charge in [0.2, 0.25) is 0 Å². The van der Waals surface area contributed by atoms with Crippen molar-refractivity contribution in [3.05, 3.63) is 11.6 Å². The Morgan fingerprint density at radius 1 is 1.25 bits per heavy atom. The topological polar surface area (TPSA) is 0 Å². The van der Waals surface area contributed by atoms with Crippen molar-refractivity contribution in [1.82, 2.24) is 0 Å². The molecule has 0 spiro atoms. The minimum Gasteiger partial charge on any atom is -0.0853 e. The third-order valence-electron chi connectivity index (χ3n) is 5.17. The van der Waals surface area contributed by atoms with Crippen LogP contribution in [0.3, 0.4) is 0 Å². The van der Waals surface area contributed by atoms with Crippen molar-refractivity contribution in [2.45, 2.75) is 65.7 Å². The molecule has 0 amide bonds. The zero-order chi connectivity index (χ0) is 11.5. The lowest BCUT2D eigenvalue weighted by atomic mass is 9.60. The van der Waals surface area contributed by atoms with E-state index in [0.29, 0.717) is 0 Å². The van der Waals surface area contributed by atoms with Gasteiger partial charge in [0.1, 0.15) is 0 Å². The molecule has 0 aromatic rings. The van der Waals surface area contributed by atoms with Crippen LogP contribution in [0, 0.1) is 23.7 Å². The van der Waals surface area contributed by atoms with Crippen molar-refractivity contribution >= 4 is 0 Å². The molecule has 2 rings (SSSR count). The molecule has 0 aliphatic heterocycles. The van der Waals surface area contributed by atoms with Crippen LogP contribution in [-0.4, -0.2) is 0 Å². The number of unbranched alkanes of at least 4 members (excludes halogenated alkanes) is 1. The number of hydrogen-bond donors (Lipinski definition) is 0. The van der Waals surface area contributed by atoms with Crippen LogP contribution in [0.15, 0.2) is 11.6 Å². The lowest BCUT2D eigenvalue weighted by Gasteiger charge is -2.45. The molecule has 0 bridgehead atoms. The molecule has 0 heteroatoms. The molecule has 0 N–H and O–H groups in total. The highest BCUT2D eigenvalue weighted by Crippen LogP contribution is 2.48. The summed E-state index contributed by atoms with van der Waals surface area (Å²) in [6, 6.07) is 0. The van der Waals surface area contributed by atoms with Gasteiger partial charge in [-0.25, -0.2) is 0 Å². The Hall–Kier alpha value is -0.260. The molecule has 4 atom stereocenters. The Kier molecular flexibility index (Phi) is 4.10. The molecule has 0 nitrogen and oxygen atoms in total. The van der Waals surface area contributed by atoms with Crippen LogP contribution in [0.4, 0.5) is 0 Å². The Bertz CT molecular complexity index is 251. The molecule has 0 radical (unpaired) electrons. The first-order valence-corrected chi connectivity index (χ1v) is 7.40. The molecular weight excluding hydrogens is 192 g/mol. The van der Waals surface area contributed by atoms with Gasteiger partial charge in [0.15, 0.2) is 0 Å². The van der Waals surface area contributed by atoms with Gasteiger partial charge in [0, 0.05) is 0 Å². The van der Waals surface area contributed by atoms with E-state index in [1.54, 1.807) is 5.57 Å². The maximum atomic E-state index is 2.51. The van der Waals surface area contributed by atoms with E-state index in [1.165, 1.54) is 44.9 Å².